The van der Waals surface area contributed by atoms with E-state index in [4.69, 9.17) is 9.26 Å². The number of aryl methyl sites for hydroxylation is 1. The van der Waals surface area contributed by atoms with Gasteiger partial charge in [0.15, 0.2) is 5.76 Å². The molecule has 7 heteroatoms. The van der Waals surface area contributed by atoms with Crippen molar-refractivity contribution in [1.29, 1.82) is 0 Å². The van der Waals surface area contributed by atoms with Gasteiger partial charge in [-0.2, -0.15) is 0 Å². The van der Waals surface area contributed by atoms with Crippen LogP contribution in [0.1, 0.15) is 11.5 Å². The van der Waals surface area contributed by atoms with E-state index < -0.39 is 0 Å². The predicted molar refractivity (Wildman–Crippen MR) is 77.8 cm³/mol. The summed E-state index contributed by atoms with van der Waals surface area (Å²) >= 11 is 0. The van der Waals surface area contributed by atoms with Gasteiger partial charge in [0.25, 0.3) is 0 Å². The SMILES string of the molecule is COCCNCC(=O)N1CCN(Cc2cc(C)no2)CC1. The summed E-state index contributed by atoms with van der Waals surface area (Å²) in [4.78, 5) is 16.2. The van der Waals surface area contributed by atoms with Crippen molar-refractivity contribution >= 4 is 5.91 Å². The Morgan fingerprint density at radius 2 is 2.19 bits per heavy atom. The fraction of sp³-hybridized carbons (Fsp3) is 0.714. The first-order valence-electron chi connectivity index (χ1n) is 7.31. The Morgan fingerprint density at radius 3 is 2.81 bits per heavy atom. The average Bonchev–Trinajstić information content (AvgIpc) is 2.89. The van der Waals surface area contributed by atoms with E-state index in [-0.39, 0.29) is 5.91 Å². The van der Waals surface area contributed by atoms with Crippen molar-refractivity contribution in [3.63, 3.8) is 0 Å². The number of amides is 1. The molecule has 0 aromatic carbocycles. The minimum absolute atomic E-state index is 0.154. The summed E-state index contributed by atoms with van der Waals surface area (Å²) in [5.41, 5.74) is 0.904. The summed E-state index contributed by atoms with van der Waals surface area (Å²) in [6.45, 7) is 7.63. The molecule has 0 aliphatic carbocycles. The summed E-state index contributed by atoms with van der Waals surface area (Å²) in [6, 6.07) is 1.96. The molecule has 0 bridgehead atoms. The number of aromatic nitrogens is 1. The van der Waals surface area contributed by atoms with E-state index in [1.807, 2.05) is 17.9 Å². The highest BCUT2D eigenvalue weighted by Gasteiger charge is 2.21. The van der Waals surface area contributed by atoms with Gasteiger partial charge in [0.05, 0.1) is 25.4 Å². The van der Waals surface area contributed by atoms with Crippen molar-refractivity contribution in [3.05, 3.63) is 17.5 Å². The Kier molecular flexibility index (Phi) is 6.16. The number of hydrogen-bond donors (Lipinski definition) is 1. The number of nitrogens with zero attached hydrogens (tertiary/aromatic N) is 3. The first-order chi connectivity index (χ1) is 10.2. The van der Waals surface area contributed by atoms with Crippen molar-refractivity contribution in [2.24, 2.45) is 0 Å². The van der Waals surface area contributed by atoms with Gasteiger partial charge in [-0.15, -0.1) is 0 Å². The largest absolute Gasteiger partial charge is 0.383 e. The molecule has 21 heavy (non-hydrogen) atoms. The lowest BCUT2D eigenvalue weighted by Gasteiger charge is -2.34. The van der Waals surface area contributed by atoms with E-state index in [1.165, 1.54) is 0 Å². The molecule has 2 rings (SSSR count). The molecule has 7 nitrogen and oxygen atoms in total. The van der Waals surface area contributed by atoms with Crippen LogP contribution in [0.25, 0.3) is 0 Å². The van der Waals surface area contributed by atoms with Crippen LogP contribution in [-0.4, -0.2) is 73.8 Å². The van der Waals surface area contributed by atoms with Crippen LogP contribution < -0.4 is 5.32 Å². The number of carbonyl (C=O) groups excluding carboxylic acids is 1. The summed E-state index contributed by atoms with van der Waals surface area (Å²) in [5.74, 6) is 1.04. The maximum atomic E-state index is 12.0. The highest BCUT2D eigenvalue weighted by atomic mass is 16.5. The van der Waals surface area contributed by atoms with Crippen LogP contribution in [0.5, 0.6) is 0 Å². The second-order valence-corrected chi connectivity index (χ2v) is 5.26. The lowest BCUT2D eigenvalue weighted by Crippen LogP contribution is -2.50. The van der Waals surface area contributed by atoms with Gasteiger partial charge in [0.2, 0.25) is 5.91 Å². The highest BCUT2D eigenvalue weighted by molar-refractivity contribution is 5.78. The Bertz CT molecular complexity index is 441. The monoisotopic (exact) mass is 296 g/mol. The van der Waals surface area contributed by atoms with Crippen LogP contribution in [0.3, 0.4) is 0 Å². The molecule has 1 aliphatic heterocycles. The van der Waals surface area contributed by atoms with Crippen LogP contribution in [0.4, 0.5) is 0 Å². The van der Waals surface area contributed by atoms with Gasteiger partial charge in [0.1, 0.15) is 0 Å². The number of ether oxygens (including phenoxy) is 1. The standard InChI is InChI=1S/C14H24N4O3/c1-12-9-13(21-16-12)11-17-4-6-18(7-5-17)14(19)10-15-3-8-20-2/h9,15H,3-8,10-11H2,1-2H3. The molecule has 0 spiro atoms. The van der Waals surface area contributed by atoms with Gasteiger partial charge in [-0.05, 0) is 6.92 Å². The van der Waals surface area contributed by atoms with Crippen LogP contribution in [0.15, 0.2) is 10.6 Å². The number of hydrogen-bond acceptors (Lipinski definition) is 6. The summed E-state index contributed by atoms with van der Waals surface area (Å²) < 4.78 is 10.2. The Balaban J connectivity index is 1.66. The smallest absolute Gasteiger partial charge is 0.236 e. The molecule has 2 heterocycles. The summed E-state index contributed by atoms with van der Waals surface area (Å²) in [7, 11) is 1.65. The van der Waals surface area contributed by atoms with E-state index in [0.29, 0.717) is 19.7 Å². The van der Waals surface area contributed by atoms with E-state index in [1.54, 1.807) is 7.11 Å². The fourth-order valence-corrected chi connectivity index (χ4v) is 2.35. The van der Waals surface area contributed by atoms with Crippen LogP contribution >= 0.6 is 0 Å². The molecule has 0 radical (unpaired) electrons. The quantitative estimate of drug-likeness (QED) is 0.707. The van der Waals surface area contributed by atoms with Crippen molar-refractivity contribution in [2.45, 2.75) is 13.5 Å². The predicted octanol–water partition coefficient (Wildman–Crippen LogP) is -0.137. The number of rotatable bonds is 7. The van der Waals surface area contributed by atoms with Crippen LogP contribution in [0.2, 0.25) is 0 Å². The minimum Gasteiger partial charge on any atom is -0.383 e. The number of nitrogens with one attached hydrogen (secondary N) is 1. The Morgan fingerprint density at radius 1 is 1.43 bits per heavy atom. The molecular weight excluding hydrogens is 272 g/mol. The third kappa shape index (κ3) is 5.11. The van der Waals surface area contributed by atoms with Crippen molar-refractivity contribution < 1.29 is 14.1 Å². The van der Waals surface area contributed by atoms with Crippen molar-refractivity contribution in [2.75, 3.05) is 53.0 Å². The minimum atomic E-state index is 0.154. The lowest BCUT2D eigenvalue weighted by molar-refractivity contribution is -0.132. The Hall–Kier alpha value is -1.44. The third-order valence-electron chi connectivity index (χ3n) is 3.54. The zero-order valence-electron chi connectivity index (χ0n) is 12.8. The lowest BCUT2D eigenvalue weighted by atomic mass is 10.3. The van der Waals surface area contributed by atoms with E-state index in [9.17, 15) is 4.79 Å². The molecule has 1 aromatic heterocycles. The molecule has 1 N–H and O–H groups in total. The molecule has 1 fully saturated rings. The third-order valence-corrected chi connectivity index (χ3v) is 3.54. The van der Waals surface area contributed by atoms with E-state index >= 15 is 0 Å². The highest BCUT2D eigenvalue weighted by Crippen LogP contribution is 2.09. The molecule has 0 atom stereocenters. The molecule has 0 unspecified atom stereocenters. The molecule has 1 amide bonds. The number of methoxy groups -OCH3 is 1. The summed E-state index contributed by atoms with van der Waals surface area (Å²) in [6.07, 6.45) is 0. The molecule has 0 saturated carbocycles. The van der Waals surface area contributed by atoms with Crippen molar-refractivity contribution in [3.8, 4) is 0 Å². The topological polar surface area (TPSA) is 70.8 Å². The number of piperazine rings is 1. The van der Waals surface area contributed by atoms with E-state index in [0.717, 1.165) is 44.2 Å². The number of carbonyl (C=O) groups is 1. The molecule has 118 valence electrons. The maximum Gasteiger partial charge on any atom is 0.236 e. The van der Waals surface area contributed by atoms with E-state index in [2.05, 4.69) is 15.4 Å². The second kappa shape index (κ2) is 8.11. The van der Waals surface area contributed by atoms with Gasteiger partial charge in [-0.25, -0.2) is 0 Å². The van der Waals surface area contributed by atoms with Gasteiger partial charge in [-0.3, -0.25) is 9.69 Å². The zero-order valence-corrected chi connectivity index (χ0v) is 12.8. The second-order valence-electron chi connectivity index (χ2n) is 5.26. The normalized spacial score (nSPS) is 16.4. The van der Waals surface area contributed by atoms with Crippen LogP contribution in [-0.2, 0) is 16.1 Å². The van der Waals surface area contributed by atoms with Crippen molar-refractivity contribution in [1.82, 2.24) is 20.3 Å². The summed E-state index contributed by atoms with van der Waals surface area (Å²) in [5, 5.41) is 6.97. The van der Waals surface area contributed by atoms with Gasteiger partial charge >= 0.3 is 0 Å². The van der Waals surface area contributed by atoms with Gasteiger partial charge in [-0.1, -0.05) is 5.16 Å². The molecule has 1 aliphatic rings. The average molecular weight is 296 g/mol. The first-order valence-corrected chi connectivity index (χ1v) is 7.31. The fourth-order valence-electron chi connectivity index (χ4n) is 2.35. The molecule has 1 saturated heterocycles. The molecular formula is C14H24N4O3. The van der Waals surface area contributed by atoms with Gasteiger partial charge in [0, 0.05) is 45.9 Å². The van der Waals surface area contributed by atoms with Crippen LogP contribution in [0, 0.1) is 6.92 Å². The molecule has 1 aromatic rings. The first kappa shape index (κ1) is 15.9. The zero-order chi connectivity index (χ0) is 15.1. The van der Waals surface area contributed by atoms with Gasteiger partial charge < -0.3 is 19.5 Å². The Labute approximate surface area is 125 Å². The maximum absolute atomic E-state index is 12.0.